The van der Waals surface area contributed by atoms with E-state index in [0.717, 1.165) is 19.9 Å². The largest absolute Gasteiger partial charge is 0.495 e. The predicted molar refractivity (Wildman–Crippen MR) is 185 cm³/mol. The summed E-state index contributed by atoms with van der Waals surface area (Å²) < 4.78 is 35.4. The summed E-state index contributed by atoms with van der Waals surface area (Å²) in [5.41, 5.74) is 1.19. The maximum Gasteiger partial charge on any atom is 0.264 e. The molecular formula is C35H37BrClN3O5S. The van der Waals surface area contributed by atoms with Crippen molar-refractivity contribution in [3.8, 4) is 5.75 Å². The fraction of sp³-hybridized carbons (Fsp3) is 0.257. The number of anilines is 1. The fourth-order valence-corrected chi connectivity index (χ4v) is 7.02. The van der Waals surface area contributed by atoms with Gasteiger partial charge in [0.15, 0.2) is 0 Å². The SMILES string of the molecule is COc1ccc(N(CC(=O)N(Cc2cccc(Br)c2)[C@@H](Cc2ccccc2)C(=O)NC(C)(C)C)S(=O)(=O)c2ccccc2)cc1Cl. The lowest BCUT2D eigenvalue weighted by Crippen LogP contribution is -2.56. The maximum atomic E-state index is 14.6. The highest BCUT2D eigenvalue weighted by atomic mass is 79.9. The molecule has 0 bridgehead atoms. The molecule has 4 aromatic rings. The van der Waals surface area contributed by atoms with Gasteiger partial charge in [0.25, 0.3) is 10.0 Å². The van der Waals surface area contributed by atoms with Crippen LogP contribution >= 0.6 is 27.5 Å². The van der Waals surface area contributed by atoms with Crippen LogP contribution < -0.4 is 14.4 Å². The zero-order chi connectivity index (χ0) is 33.5. The van der Waals surface area contributed by atoms with Gasteiger partial charge in [-0.2, -0.15) is 0 Å². The van der Waals surface area contributed by atoms with Crippen molar-refractivity contribution in [1.29, 1.82) is 0 Å². The molecule has 0 aliphatic rings. The Morgan fingerprint density at radius 3 is 2.11 bits per heavy atom. The van der Waals surface area contributed by atoms with Crippen LogP contribution in [0, 0.1) is 0 Å². The highest BCUT2D eigenvalue weighted by Gasteiger charge is 2.35. The van der Waals surface area contributed by atoms with E-state index in [-0.39, 0.29) is 34.5 Å². The third-order valence-electron chi connectivity index (χ3n) is 7.04. The number of hydrogen-bond acceptors (Lipinski definition) is 5. The molecule has 46 heavy (non-hydrogen) atoms. The van der Waals surface area contributed by atoms with E-state index < -0.39 is 34.1 Å². The van der Waals surface area contributed by atoms with Gasteiger partial charge in [-0.25, -0.2) is 8.42 Å². The Balaban J connectivity index is 1.84. The molecule has 11 heteroatoms. The van der Waals surface area contributed by atoms with Crippen molar-refractivity contribution in [2.45, 2.75) is 50.2 Å². The molecular weight excluding hydrogens is 690 g/mol. The van der Waals surface area contributed by atoms with Gasteiger partial charge in [0, 0.05) is 23.0 Å². The Hall–Kier alpha value is -3.86. The van der Waals surface area contributed by atoms with Crippen molar-refractivity contribution in [2.24, 2.45) is 0 Å². The number of carbonyl (C=O) groups excluding carboxylic acids is 2. The van der Waals surface area contributed by atoms with Crippen molar-refractivity contribution in [3.63, 3.8) is 0 Å². The third-order valence-corrected chi connectivity index (χ3v) is 9.62. The summed E-state index contributed by atoms with van der Waals surface area (Å²) in [7, 11) is -2.80. The number of sulfonamides is 1. The van der Waals surface area contributed by atoms with Gasteiger partial charge in [-0.1, -0.05) is 88.2 Å². The predicted octanol–water partition coefficient (Wildman–Crippen LogP) is 6.86. The number of ether oxygens (including phenoxy) is 1. The average Bonchev–Trinajstić information content (AvgIpc) is 3.01. The number of benzene rings is 4. The average molecular weight is 727 g/mol. The molecule has 0 radical (unpaired) electrons. The Bertz CT molecular complexity index is 1770. The highest BCUT2D eigenvalue weighted by Crippen LogP contribution is 2.32. The summed E-state index contributed by atoms with van der Waals surface area (Å²) in [6.07, 6.45) is 0.211. The van der Waals surface area contributed by atoms with Crippen LogP contribution in [0.2, 0.25) is 5.02 Å². The minimum Gasteiger partial charge on any atom is -0.495 e. The van der Waals surface area contributed by atoms with E-state index in [0.29, 0.717) is 5.75 Å². The number of methoxy groups -OCH3 is 1. The van der Waals surface area contributed by atoms with E-state index in [1.807, 2.05) is 75.4 Å². The summed E-state index contributed by atoms with van der Waals surface area (Å²) in [6, 6.07) is 28.3. The molecule has 1 N–H and O–H groups in total. The van der Waals surface area contributed by atoms with Gasteiger partial charge in [-0.3, -0.25) is 13.9 Å². The van der Waals surface area contributed by atoms with Gasteiger partial charge in [-0.15, -0.1) is 0 Å². The quantitative estimate of drug-likeness (QED) is 0.172. The number of halogens is 2. The van der Waals surface area contributed by atoms with Crippen LogP contribution in [0.25, 0.3) is 0 Å². The van der Waals surface area contributed by atoms with Crippen LogP contribution in [-0.4, -0.2) is 50.4 Å². The molecule has 2 amide bonds. The Labute approximate surface area is 284 Å². The molecule has 0 fully saturated rings. The molecule has 4 rings (SSSR count). The Morgan fingerprint density at radius 2 is 1.52 bits per heavy atom. The molecule has 0 unspecified atom stereocenters. The van der Waals surface area contributed by atoms with Crippen molar-refractivity contribution in [1.82, 2.24) is 10.2 Å². The minimum atomic E-state index is -4.25. The van der Waals surface area contributed by atoms with Crippen LogP contribution in [0.4, 0.5) is 5.69 Å². The van der Waals surface area contributed by atoms with Crippen LogP contribution in [-0.2, 0) is 32.6 Å². The van der Waals surface area contributed by atoms with Crippen molar-refractivity contribution >= 4 is 55.1 Å². The topological polar surface area (TPSA) is 96.0 Å². The lowest BCUT2D eigenvalue weighted by molar-refractivity contribution is -0.140. The number of rotatable bonds is 12. The maximum absolute atomic E-state index is 14.6. The molecule has 0 aromatic heterocycles. The minimum absolute atomic E-state index is 0.000378. The van der Waals surface area contributed by atoms with E-state index in [1.165, 1.54) is 36.3 Å². The van der Waals surface area contributed by atoms with Gasteiger partial charge in [-0.05, 0) is 74.4 Å². The lowest BCUT2D eigenvalue weighted by atomic mass is 10.0. The summed E-state index contributed by atoms with van der Waals surface area (Å²) in [5.74, 6) is -0.576. The van der Waals surface area contributed by atoms with E-state index in [2.05, 4.69) is 21.2 Å². The number of amides is 2. The van der Waals surface area contributed by atoms with Crippen LogP contribution in [0.3, 0.4) is 0 Å². The van der Waals surface area contributed by atoms with E-state index >= 15 is 0 Å². The zero-order valence-electron chi connectivity index (χ0n) is 26.1. The molecule has 4 aromatic carbocycles. The van der Waals surface area contributed by atoms with Gasteiger partial charge in [0.1, 0.15) is 18.3 Å². The van der Waals surface area contributed by atoms with E-state index in [1.54, 1.807) is 24.3 Å². The monoisotopic (exact) mass is 725 g/mol. The first kappa shape index (κ1) is 35.0. The fourth-order valence-electron chi connectivity index (χ4n) is 4.90. The molecule has 0 aliphatic carbocycles. The second-order valence-corrected chi connectivity index (χ2v) is 14.9. The first-order chi connectivity index (χ1) is 21.8. The number of nitrogens with zero attached hydrogens (tertiary/aromatic N) is 2. The summed E-state index contributed by atoms with van der Waals surface area (Å²) in [4.78, 5) is 30.0. The standard InChI is InChI=1S/C35H37BrClN3O5S/c1-35(2,3)38-34(42)31(21-25-12-7-5-8-13-25)39(23-26-14-11-15-27(36)20-26)33(41)24-40(28-18-19-32(45-4)30(37)22-28)46(43,44)29-16-9-6-10-17-29/h5-20,22,31H,21,23-24H2,1-4H3,(H,38,42)/t31-/m0/s1. The van der Waals surface area contributed by atoms with Crippen LogP contribution in [0.5, 0.6) is 5.75 Å². The van der Waals surface area contributed by atoms with Crippen molar-refractivity contribution < 1.29 is 22.7 Å². The molecule has 0 spiro atoms. The Morgan fingerprint density at radius 1 is 0.891 bits per heavy atom. The van der Waals surface area contributed by atoms with Gasteiger partial charge < -0.3 is 15.0 Å². The smallest absolute Gasteiger partial charge is 0.264 e. The number of carbonyl (C=O) groups is 2. The lowest BCUT2D eigenvalue weighted by Gasteiger charge is -2.35. The summed E-state index contributed by atoms with van der Waals surface area (Å²) >= 11 is 9.93. The molecule has 242 valence electrons. The molecule has 1 atom stereocenters. The molecule has 0 aliphatic heterocycles. The van der Waals surface area contributed by atoms with Gasteiger partial charge >= 0.3 is 0 Å². The third kappa shape index (κ3) is 9.11. The Kier molecular flexibility index (Phi) is 11.5. The molecule has 0 heterocycles. The van der Waals surface area contributed by atoms with Crippen LogP contribution in [0.1, 0.15) is 31.9 Å². The molecule has 0 saturated heterocycles. The second kappa shape index (κ2) is 15.2. The normalized spacial score (nSPS) is 12.2. The van der Waals surface area contributed by atoms with E-state index in [9.17, 15) is 18.0 Å². The molecule has 8 nitrogen and oxygen atoms in total. The summed E-state index contributed by atoms with van der Waals surface area (Å²) in [6.45, 7) is 5.06. The first-order valence-electron chi connectivity index (χ1n) is 14.6. The summed E-state index contributed by atoms with van der Waals surface area (Å²) in [5, 5.41) is 3.21. The first-order valence-corrected chi connectivity index (χ1v) is 17.2. The van der Waals surface area contributed by atoms with Crippen molar-refractivity contribution in [3.05, 3.63) is 124 Å². The highest BCUT2D eigenvalue weighted by molar-refractivity contribution is 9.10. The molecule has 0 saturated carbocycles. The van der Waals surface area contributed by atoms with Crippen LogP contribution in [0.15, 0.2) is 112 Å². The van der Waals surface area contributed by atoms with Gasteiger partial charge in [0.05, 0.1) is 22.7 Å². The zero-order valence-corrected chi connectivity index (χ0v) is 29.3. The van der Waals surface area contributed by atoms with E-state index in [4.69, 9.17) is 16.3 Å². The second-order valence-electron chi connectivity index (χ2n) is 11.7. The number of nitrogens with one attached hydrogen (secondary N) is 1. The van der Waals surface area contributed by atoms with Crippen molar-refractivity contribution in [2.75, 3.05) is 18.0 Å². The number of hydrogen-bond donors (Lipinski definition) is 1. The van der Waals surface area contributed by atoms with Gasteiger partial charge in [0.2, 0.25) is 11.8 Å².